The van der Waals surface area contributed by atoms with Crippen LogP contribution in [0, 0.1) is 34.0 Å². The highest BCUT2D eigenvalue weighted by Gasteiger charge is 2.32. The van der Waals surface area contributed by atoms with Crippen molar-refractivity contribution >= 4 is 33.5 Å². The van der Waals surface area contributed by atoms with Gasteiger partial charge in [0.2, 0.25) is 0 Å². The maximum atomic E-state index is 9.77. The number of aliphatic imine (C=N–C) groups is 1. The Bertz CT molecular complexity index is 1170. The molecule has 1 aromatic carbocycles. The molecule has 0 amide bonds. The molecule has 0 aliphatic heterocycles. The van der Waals surface area contributed by atoms with Crippen LogP contribution in [0.5, 0.6) is 0 Å². The number of hydrogen-bond acceptors (Lipinski definition) is 4. The van der Waals surface area contributed by atoms with Crippen molar-refractivity contribution in [2.45, 2.75) is 46.6 Å². The smallest absolute Gasteiger partial charge is 0.134 e. The molecule has 0 bridgehead atoms. The number of nitriles is 2. The zero-order valence-electron chi connectivity index (χ0n) is 17.1. The lowest BCUT2D eigenvalue weighted by Gasteiger charge is -2.33. The molecular weight excluding hydrogens is 376 g/mol. The van der Waals surface area contributed by atoms with Crippen molar-refractivity contribution in [3.63, 3.8) is 0 Å². The average molecular weight is 401 g/mol. The first-order valence-electron chi connectivity index (χ1n) is 9.96. The highest BCUT2D eigenvalue weighted by atomic mass is 32.1. The van der Waals surface area contributed by atoms with Gasteiger partial charge in [0.1, 0.15) is 17.6 Å². The Kier molecular flexibility index (Phi) is 5.03. The van der Waals surface area contributed by atoms with E-state index in [2.05, 4.69) is 32.9 Å². The van der Waals surface area contributed by atoms with E-state index in [1.165, 1.54) is 10.4 Å². The second-order valence-electron chi connectivity index (χ2n) is 8.75. The molecule has 4 rings (SSSR count). The minimum atomic E-state index is 0.278. The van der Waals surface area contributed by atoms with Crippen LogP contribution in [0.15, 0.2) is 35.5 Å². The topological polar surface area (TPSA) is 64.9 Å². The molecule has 0 radical (unpaired) electrons. The van der Waals surface area contributed by atoms with Crippen molar-refractivity contribution in [2.75, 3.05) is 0 Å². The lowest BCUT2D eigenvalue weighted by atomic mass is 9.72. The van der Waals surface area contributed by atoms with Crippen molar-refractivity contribution in [1.82, 2.24) is 4.57 Å². The molecular formula is C24H24N4S. The third-order valence-corrected chi connectivity index (χ3v) is 7.13. The molecule has 2 aromatic heterocycles. The van der Waals surface area contributed by atoms with Crippen LogP contribution in [0.3, 0.4) is 0 Å². The third kappa shape index (κ3) is 3.59. The van der Waals surface area contributed by atoms with Gasteiger partial charge >= 0.3 is 0 Å². The first-order chi connectivity index (χ1) is 13.9. The standard InChI is InChI=1S/C24H24N4S/c1-24(2,3)17-8-9-19-20(13-26)23(29-22(19)12-17)27-14-16-15-28(11-10-25)21-7-5-4-6-18(16)21/h4-7,14-15,17H,8-9,11-12H2,1-3H3/t17-/m0/s1. The van der Waals surface area contributed by atoms with E-state index < -0.39 is 0 Å². The van der Waals surface area contributed by atoms with Gasteiger partial charge in [-0.3, -0.25) is 0 Å². The number of benzene rings is 1. The zero-order chi connectivity index (χ0) is 20.6. The number of para-hydroxylation sites is 1. The summed E-state index contributed by atoms with van der Waals surface area (Å²) in [5.41, 5.74) is 4.22. The summed E-state index contributed by atoms with van der Waals surface area (Å²) in [4.78, 5) is 6.06. The van der Waals surface area contributed by atoms with Gasteiger partial charge in [-0.25, -0.2) is 4.99 Å². The fraction of sp³-hybridized carbons (Fsp3) is 0.375. The fourth-order valence-electron chi connectivity index (χ4n) is 4.23. The summed E-state index contributed by atoms with van der Waals surface area (Å²) in [6.07, 6.45) is 6.94. The van der Waals surface area contributed by atoms with Crippen LogP contribution < -0.4 is 0 Å². The Morgan fingerprint density at radius 3 is 2.79 bits per heavy atom. The first-order valence-corrected chi connectivity index (χ1v) is 10.8. The molecule has 0 saturated carbocycles. The van der Waals surface area contributed by atoms with Crippen LogP contribution in [0.4, 0.5) is 5.00 Å². The number of rotatable bonds is 3. The lowest BCUT2D eigenvalue weighted by molar-refractivity contribution is 0.218. The maximum absolute atomic E-state index is 9.77. The number of aromatic nitrogens is 1. The molecule has 0 unspecified atom stereocenters. The number of fused-ring (bicyclic) bond motifs is 2. The molecule has 0 saturated heterocycles. The first kappa shape index (κ1) is 19.4. The van der Waals surface area contributed by atoms with Gasteiger partial charge in [0.05, 0.1) is 11.6 Å². The second kappa shape index (κ2) is 7.50. The summed E-state index contributed by atoms with van der Waals surface area (Å²) in [6, 6.07) is 12.6. The van der Waals surface area contributed by atoms with Gasteiger partial charge in [-0.15, -0.1) is 11.3 Å². The van der Waals surface area contributed by atoms with E-state index in [1.54, 1.807) is 11.3 Å². The minimum absolute atomic E-state index is 0.278. The minimum Gasteiger partial charge on any atom is -0.333 e. The molecule has 0 N–H and O–H groups in total. The van der Waals surface area contributed by atoms with Gasteiger partial charge < -0.3 is 4.57 Å². The highest BCUT2D eigenvalue weighted by Crippen LogP contribution is 2.44. The molecule has 1 aliphatic rings. The molecule has 4 nitrogen and oxygen atoms in total. The number of hydrogen-bond donors (Lipinski definition) is 0. The molecule has 2 heterocycles. The van der Waals surface area contributed by atoms with Crippen LogP contribution in [0.1, 0.15) is 48.8 Å². The van der Waals surface area contributed by atoms with Crippen molar-refractivity contribution in [3.05, 3.63) is 52.0 Å². The number of thiophene rings is 1. The van der Waals surface area contributed by atoms with Gasteiger partial charge in [-0.1, -0.05) is 39.0 Å². The van der Waals surface area contributed by atoms with E-state index in [1.807, 2.05) is 41.2 Å². The Labute approximate surface area is 175 Å². The largest absolute Gasteiger partial charge is 0.333 e. The third-order valence-electron chi connectivity index (χ3n) is 5.96. The summed E-state index contributed by atoms with van der Waals surface area (Å²) in [6.45, 7) is 7.21. The molecule has 5 heteroatoms. The SMILES string of the molecule is CC(C)(C)[C@H]1CCc2c(sc(N=Cc3cn(CC#N)c4ccccc34)c2C#N)C1. The Morgan fingerprint density at radius 2 is 2.07 bits per heavy atom. The monoisotopic (exact) mass is 400 g/mol. The van der Waals surface area contributed by atoms with Crippen LogP contribution >= 0.6 is 11.3 Å². The van der Waals surface area contributed by atoms with E-state index in [4.69, 9.17) is 10.3 Å². The Morgan fingerprint density at radius 1 is 1.28 bits per heavy atom. The molecule has 3 aromatic rings. The average Bonchev–Trinajstić information content (AvgIpc) is 3.23. The molecule has 0 fully saturated rings. The van der Waals surface area contributed by atoms with Crippen LogP contribution in [-0.4, -0.2) is 10.8 Å². The van der Waals surface area contributed by atoms with Crippen LogP contribution in [0.2, 0.25) is 0 Å². The second-order valence-corrected chi connectivity index (χ2v) is 9.83. The molecule has 1 atom stereocenters. The van der Waals surface area contributed by atoms with E-state index in [0.717, 1.165) is 46.3 Å². The number of nitrogens with zero attached hydrogens (tertiary/aromatic N) is 4. The van der Waals surface area contributed by atoms with E-state index >= 15 is 0 Å². The molecule has 0 spiro atoms. The van der Waals surface area contributed by atoms with Gasteiger partial charge in [0.25, 0.3) is 0 Å². The summed E-state index contributed by atoms with van der Waals surface area (Å²) in [7, 11) is 0. The quantitative estimate of drug-likeness (QED) is 0.506. The molecule has 29 heavy (non-hydrogen) atoms. The van der Waals surface area contributed by atoms with E-state index in [-0.39, 0.29) is 5.41 Å². The normalized spacial score (nSPS) is 16.7. The Hall–Kier alpha value is -2.89. The van der Waals surface area contributed by atoms with Crippen molar-refractivity contribution in [1.29, 1.82) is 10.5 Å². The summed E-state index contributed by atoms with van der Waals surface area (Å²) in [5.74, 6) is 0.640. The van der Waals surface area contributed by atoms with E-state index in [0.29, 0.717) is 12.5 Å². The Balaban J connectivity index is 1.70. The van der Waals surface area contributed by atoms with Gasteiger partial charge in [-0.2, -0.15) is 10.5 Å². The lowest BCUT2D eigenvalue weighted by Crippen LogP contribution is -2.26. The summed E-state index contributed by atoms with van der Waals surface area (Å²) < 4.78 is 1.94. The van der Waals surface area contributed by atoms with Gasteiger partial charge in [0, 0.05) is 33.8 Å². The van der Waals surface area contributed by atoms with Crippen LogP contribution in [0.25, 0.3) is 10.9 Å². The van der Waals surface area contributed by atoms with Gasteiger partial charge in [0.15, 0.2) is 0 Å². The molecule has 146 valence electrons. The zero-order valence-corrected chi connectivity index (χ0v) is 17.9. The fourth-order valence-corrected chi connectivity index (χ4v) is 5.45. The summed E-state index contributed by atoms with van der Waals surface area (Å²) in [5, 5.41) is 20.8. The molecule has 1 aliphatic carbocycles. The predicted molar refractivity (Wildman–Crippen MR) is 119 cm³/mol. The van der Waals surface area contributed by atoms with Gasteiger partial charge in [-0.05, 0) is 42.2 Å². The summed E-state index contributed by atoms with van der Waals surface area (Å²) >= 11 is 1.67. The van der Waals surface area contributed by atoms with E-state index in [9.17, 15) is 5.26 Å². The maximum Gasteiger partial charge on any atom is 0.134 e. The van der Waals surface area contributed by atoms with Crippen LogP contribution in [-0.2, 0) is 19.4 Å². The van der Waals surface area contributed by atoms with Crippen molar-refractivity contribution in [2.24, 2.45) is 16.3 Å². The van der Waals surface area contributed by atoms with Crippen molar-refractivity contribution < 1.29 is 0 Å². The highest BCUT2D eigenvalue weighted by molar-refractivity contribution is 7.16. The van der Waals surface area contributed by atoms with Crippen molar-refractivity contribution in [3.8, 4) is 12.1 Å². The predicted octanol–water partition coefficient (Wildman–Crippen LogP) is 6.00.